The number of hydrogen-bond donors (Lipinski definition) is 0. The van der Waals surface area contributed by atoms with Crippen LogP contribution in [0, 0.1) is 34.0 Å². The van der Waals surface area contributed by atoms with E-state index < -0.39 is 29.0 Å². The summed E-state index contributed by atoms with van der Waals surface area (Å²) in [7, 11) is 0. The van der Waals surface area contributed by atoms with E-state index in [2.05, 4.69) is 6.07 Å². The highest BCUT2D eigenvalue weighted by atomic mass is 16.6. The van der Waals surface area contributed by atoms with Gasteiger partial charge >= 0.3 is 11.9 Å². The molecule has 5 heteroatoms. The van der Waals surface area contributed by atoms with E-state index in [1.807, 2.05) is 6.92 Å². The second kappa shape index (κ2) is 5.01. The van der Waals surface area contributed by atoms with Gasteiger partial charge in [0.05, 0.1) is 11.5 Å². The van der Waals surface area contributed by atoms with Crippen LogP contribution in [0.25, 0.3) is 0 Å². The molecule has 1 saturated heterocycles. The van der Waals surface area contributed by atoms with Crippen molar-refractivity contribution in [2.75, 3.05) is 0 Å². The third-order valence-corrected chi connectivity index (χ3v) is 4.53. The summed E-state index contributed by atoms with van der Waals surface area (Å²) in [6.45, 7) is 9.10. The van der Waals surface area contributed by atoms with Crippen LogP contribution in [0.4, 0.5) is 0 Å². The Morgan fingerprint density at radius 2 is 2.14 bits per heavy atom. The fraction of sp³-hybridized carbons (Fsp3) is 0.812. The van der Waals surface area contributed by atoms with Crippen LogP contribution in [0.2, 0.25) is 0 Å². The first kappa shape index (κ1) is 15.8. The molecule has 1 heterocycles. The highest BCUT2D eigenvalue weighted by Crippen LogP contribution is 2.54. The van der Waals surface area contributed by atoms with E-state index in [1.165, 1.54) is 0 Å². The van der Waals surface area contributed by atoms with E-state index in [0.29, 0.717) is 12.3 Å². The third kappa shape index (κ3) is 2.52. The first-order valence-corrected chi connectivity index (χ1v) is 7.45. The van der Waals surface area contributed by atoms with Crippen LogP contribution in [0.5, 0.6) is 0 Å². The summed E-state index contributed by atoms with van der Waals surface area (Å²) in [5.41, 5.74) is -1.65. The van der Waals surface area contributed by atoms with Gasteiger partial charge < -0.3 is 9.47 Å². The molecule has 1 saturated carbocycles. The molecule has 1 aliphatic heterocycles. The predicted molar refractivity (Wildman–Crippen MR) is 74.8 cm³/mol. The molecule has 0 aromatic rings. The molecule has 2 aliphatic rings. The minimum Gasteiger partial charge on any atom is -0.458 e. The maximum absolute atomic E-state index is 12.2. The van der Waals surface area contributed by atoms with Gasteiger partial charge in [0, 0.05) is 5.92 Å². The monoisotopic (exact) mass is 293 g/mol. The third-order valence-electron chi connectivity index (χ3n) is 4.53. The topological polar surface area (TPSA) is 76.4 Å². The number of nitrogens with zero attached hydrogens (tertiary/aromatic N) is 1. The standard InChI is InChI=1S/C16H23NO4/c1-9-6-11-12(10(2)20-13(18)15(3,4)5)21-14(19)16(11,7-9)8-17/h9-12H,6-7H2,1-5H3. The summed E-state index contributed by atoms with van der Waals surface area (Å²) >= 11 is 0. The lowest BCUT2D eigenvalue weighted by molar-refractivity contribution is -0.169. The molecule has 116 valence electrons. The maximum Gasteiger partial charge on any atom is 0.327 e. The lowest BCUT2D eigenvalue weighted by Crippen LogP contribution is -2.38. The highest BCUT2D eigenvalue weighted by molar-refractivity contribution is 5.83. The van der Waals surface area contributed by atoms with Crippen LogP contribution in [-0.4, -0.2) is 24.1 Å². The summed E-state index contributed by atoms with van der Waals surface area (Å²) in [6.07, 6.45) is 0.227. The largest absolute Gasteiger partial charge is 0.458 e. The molecule has 5 unspecified atom stereocenters. The van der Waals surface area contributed by atoms with Gasteiger partial charge in [-0.15, -0.1) is 0 Å². The molecule has 5 nitrogen and oxygen atoms in total. The molecule has 0 amide bonds. The Hall–Kier alpha value is -1.57. The predicted octanol–water partition coefficient (Wildman–Crippen LogP) is 2.45. The van der Waals surface area contributed by atoms with Gasteiger partial charge in [-0.05, 0) is 46.5 Å². The molecule has 0 radical (unpaired) electrons. The van der Waals surface area contributed by atoms with Gasteiger partial charge in [-0.25, -0.2) is 0 Å². The summed E-state index contributed by atoms with van der Waals surface area (Å²) in [5, 5.41) is 9.47. The number of carbonyl (C=O) groups excluding carboxylic acids is 2. The Kier molecular flexibility index (Phi) is 3.77. The Bertz CT molecular complexity index is 501. The highest BCUT2D eigenvalue weighted by Gasteiger charge is 2.63. The van der Waals surface area contributed by atoms with Crippen LogP contribution in [0.15, 0.2) is 0 Å². The number of cyclic esters (lactones) is 1. The molecule has 5 atom stereocenters. The summed E-state index contributed by atoms with van der Waals surface area (Å²) < 4.78 is 10.9. The second-order valence-electron chi connectivity index (χ2n) is 7.46. The van der Waals surface area contributed by atoms with Crippen LogP contribution in [0.1, 0.15) is 47.5 Å². The minimum atomic E-state index is -1.05. The smallest absolute Gasteiger partial charge is 0.327 e. The van der Waals surface area contributed by atoms with Gasteiger partial charge in [-0.1, -0.05) is 6.92 Å². The fourth-order valence-corrected chi connectivity index (χ4v) is 3.39. The zero-order valence-electron chi connectivity index (χ0n) is 13.3. The van der Waals surface area contributed by atoms with E-state index in [4.69, 9.17) is 9.47 Å². The molecule has 2 rings (SSSR count). The molecule has 0 N–H and O–H groups in total. The number of rotatable bonds is 2. The lowest BCUT2D eigenvalue weighted by Gasteiger charge is -2.27. The quantitative estimate of drug-likeness (QED) is 0.731. The van der Waals surface area contributed by atoms with Crippen LogP contribution in [0.3, 0.4) is 0 Å². The van der Waals surface area contributed by atoms with Crippen LogP contribution < -0.4 is 0 Å². The average Bonchev–Trinajstić information content (AvgIpc) is 2.83. The van der Waals surface area contributed by atoms with Crippen molar-refractivity contribution < 1.29 is 19.1 Å². The van der Waals surface area contributed by atoms with Crippen molar-refractivity contribution in [2.24, 2.45) is 22.7 Å². The fourth-order valence-electron chi connectivity index (χ4n) is 3.39. The first-order valence-electron chi connectivity index (χ1n) is 7.45. The van der Waals surface area contributed by atoms with Crippen LogP contribution in [-0.2, 0) is 19.1 Å². The van der Waals surface area contributed by atoms with Crippen molar-refractivity contribution >= 4 is 11.9 Å². The van der Waals surface area contributed by atoms with Crippen molar-refractivity contribution in [3.05, 3.63) is 0 Å². The Morgan fingerprint density at radius 3 is 2.67 bits per heavy atom. The van der Waals surface area contributed by atoms with Crippen molar-refractivity contribution in [1.82, 2.24) is 0 Å². The Morgan fingerprint density at radius 1 is 1.52 bits per heavy atom. The molecular weight excluding hydrogens is 270 g/mol. The number of nitriles is 1. The van der Waals surface area contributed by atoms with Gasteiger partial charge in [-0.3, -0.25) is 9.59 Å². The molecule has 1 aliphatic carbocycles. The van der Waals surface area contributed by atoms with Gasteiger partial charge in [0.1, 0.15) is 12.2 Å². The number of carbonyl (C=O) groups is 2. The molecular formula is C16H23NO4. The normalized spacial score (nSPS) is 36.6. The lowest BCUT2D eigenvalue weighted by atomic mass is 9.78. The molecule has 21 heavy (non-hydrogen) atoms. The molecule has 0 aromatic heterocycles. The average molecular weight is 293 g/mol. The number of fused-ring (bicyclic) bond motifs is 1. The van der Waals surface area contributed by atoms with Gasteiger partial charge in [0.25, 0.3) is 0 Å². The number of hydrogen-bond acceptors (Lipinski definition) is 5. The van der Waals surface area contributed by atoms with E-state index in [1.54, 1.807) is 27.7 Å². The second-order valence-corrected chi connectivity index (χ2v) is 7.46. The van der Waals surface area contributed by atoms with Gasteiger partial charge in [0.2, 0.25) is 0 Å². The van der Waals surface area contributed by atoms with Crippen molar-refractivity contribution in [3.8, 4) is 6.07 Å². The maximum atomic E-state index is 12.2. The van der Waals surface area contributed by atoms with E-state index in [9.17, 15) is 14.9 Å². The molecule has 0 spiro atoms. The zero-order valence-corrected chi connectivity index (χ0v) is 13.3. The van der Waals surface area contributed by atoms with Crippen molar-refractivity contribution in [2.45, 2.75) is 59.7 Å². The van der Waals surface area contributed by atoms with Gasteiger partial charge in [0.15, 0.2) is 5.41 Å². The molecule has 0 bridgehead atoms. The zero-order chi connectivity index (χ0) is 16.0. The van der Waals surface area contributed by atoms with E-state index in [0.717, 1.165) is 6.42 Å². The van der Waals surface area contributed by atoms with Gasteiger partial charge in [-0.2, -0.15) is 5.26 Å². The summed E-state index contributed by atoms with van der Waals surface area (Å²) in [5.74, 6) is -0.669. The summed E-state index contributed by atoms with van der Waals surface area (Å²) in [6, 6.07) is 2.17. The first-order chi connectivity index (χ1) is 9.61. The van der Waals surface area contributed by atoms with Crippen molar-refractivity contribution in [3.63, 3.8) is 0 Å². The Labute approximate surface area is 125 Å². The number of ether oxygens (including phenoxy) is 2. The molecule has 2 fully saturated rings. The van der Waals surface area contributed by atoms with Crippen molar-refractivity contribution in [1.29, 1.82) is 5.26 Å². The minimum absolute atomic E-state index is 0.187. The molecule has 0 aromatic carbocycles. The van der Waals surface area contributed by atoms with E-state index in [-0.39, 0.29) is 11.9 Å². The summed E-state index contributed by atoms with van der Waals surface area (Å²) in [4.78, 5) is 24.2. The van der Waals surface area contributed by atoms with E-state index >= 15 is 0 Å². The number of esters is 2. The van der Waals surface area contributed by atoms with Crippen LogP contribution >= 0.6 is 0 Å². The SMILES string of the molecule is CC1CC2C(C(C)OC(=O)C(C)(C)C)OC(=O)C2(C#N)C1. The Balaban J connectivity index is 2.17.